The lowest BCUT2D eigenvalue weighted by molar-refractivity contribution is 1.53. The van der Waals surface area contributed by atoms with Crippen LogP contribution in [0.15, 0.2) is 72.8 Å². The van der Waals surface area contributed by atoms with Crippen molar-refractivity contribution >= 4 is 22.7 Å². The molecule has 0 aliphatic heterocycles. The molecule has 3 rings (SSSR count). The predicted molar refractivity (Wildman–Crippen MR) is 90.4 cm³/mol. The van der Waals surface area contributed by atoms with Gasteiger partial charge in [-0.15, -0.1) is 0 Å². The Morgan fingerprint density at radius 1 is 0.714 bits per heavy atom. The number of hydrogen-bond acceptors (Lipinski definition) is 3. The van der Waals surface area contributed by atoms with Crippen molar-refractivity contribution in [2.45, 2.75) is 0 Å². The van der Waals surface area contributed by atoms with Crippen molar-refractivity contribution < 1.29 is 0 Å². The topological polar surface area (TPSA) is 64.1 Å². The minimum absolute atomic E-state index is 0.637. The average Bonchev–Trinajstić information content (AvgIpc) is 2.51. The number of benzene rings is 3. The van der Waals surface area contributed by atoms with E-state index in [2.05, 4.69) is 5.32 Å². The van der Waals surface area contributed by atoms with Crippen LogP contribution in [0.1, 0.15) is 0 Å². The number of hydrogen-bond donors (Lipinski definition) is 3. The van der Waals surface area contributed by atoms with Crippen molar-refractivity contribution in [3.05, 3.63) is 72.8 Å². The fourth-order valence-electron chi connectivity index (χ4n) is 2.34. The maximum Gasteiger partial charge on any atom is 0.0699 e. The van der Waals surface area contributed by atoms with Crippen LogP contribution in [-0.4, -0.2) is 0 Å². The van der Waals surface area contributed by atoms with Crippen molar-refractivity contribution in [3.8, 4) is 11.1 Å². The van der Waals surface area contributed by atoms with Crippen LogP contribution >= 0.6 is 0 Å². The molecule has 3 aromatic carbocycles. The van der Waals surface area contributed by atoms with Gasteiger partial charge in [0, 0.05) is 16.9 Å². The van der Waals surface area contributed by atoms with Gasteiger partial charge in [-0.25, -0.2) is 0 Å². The van der Waals surface area contributed by atoms with E-state index in [4.69, 9.17) is 11.5 Å². The first-order valence-electron chi connectivity index (χ1n) is 6.80. The van der Waals surface area contributed by atoms with E-state index in [0.717, 1.165) is 22.5 Å². The molecule has 3 nitrogen and oxygen atoms in total. The van der Waals surface area contributed by atoms with Gasteiger partial charge in [-0.1, -0.05) is 48.5 Å². The minimum Gasteiger partial charge on any atom is -0.399 e. The van der Waals surface area contributed by atoms with Crippen LogP contribution in [0.2, 0.25) is 0 Å². The van der Waals surface area contributed by atoms with Crippen LogP contribution in [0.5, 0.6) is 0 Å². The third-order valence-electron chi connectivity index (χ3n) is 3.32. The van der Waals surface area contributed by atoms with Crippen LogP contribution in [-0.2, 0) is 0 Å². The Balaban J connectivity index is 2.11. The number of para-hydroxylation sites is 1. The van der Waals surface area contributed by atoms with Gasteiger partial charge in [0.2, 0.25) is 0 Å². The largest absolute Gasteiger partial charge is 0.399 e. The SMILES string of the molecule is Nc1cc(N)c(Nc2ccccc2)c(-c2ccccc2)c1. The summed E-state index contributed by atoms with van der Waals surface area (Å²) in [6, 6.07) is 23.8. The van der Waals surface area contributed by atoms with E-state index in [9.17, 15) is 0 Å². The standard InChI is InChI=1S/C18H17N3/c19-14-11-16(13-7-3-1-4-8-13)18(17(20)12-14)21-15-9-5-2-6-10-15/h1-12,21H,19-20H2. The van der Waals surface area contributed by atoms with E-state index in [0.29, 0.717) is 11.4 Å². The van der Waals surface area contributed by atoms with Crippen molar-refractivity contribution in [2.24, 2.45) is 0 Å². The van der Waals surface area contributed by atoms with Gasteiger partial charge < -0.3 is 16.8 Å². The first-order valence-corrected chi connectivity index (χ1v) is 6.80. The smallest absolute Gasteiger partial charge is 0.0699 e. The second kappa shape index (κ2) is 5.59. The van der Waals surface area contributed by atoms with Gasteiger partial charge in [-0.3, -0.25) is 0 Å². The highest BCUT2D eigenvalue weighted by Crippen LogP contribution is 2.36. The molecule has 0 bridgehead atoms. The molecule has 0 saturated carbocycles. The lowest BCUT2D eigenvalue weighted by Gasteiger charge is -2.16. The Labute approximate surface area is 124 Å². The first kappa shape index (κ1) is 13.1. The van der Waals surface area contributed by atoms with Crippen LogP contribution < -0.4 is 16.8 Å². The third kappa shape index (κ3) is 2.82. The zero-order valence-electron chi connectivity index (χ0n) is 11.6. The summed E-state index contributed by atoms with van der Waals surface area (Å²) < 4.78 is 0. The molecular weight excluding hydrogens is 258 g/mol. The van der Waals surface area contributed by atoms with Gasteiger partial charge >= 0.3 is 0 Å². The van der Waals surface area contributed by atoms with Crippen LogP contribution in [0.25, 0.3) is 11.1 Å². The summed E-state index contributed by atoms with van der Waals surface area (Å²) in [5.41, 5.74) is 17.4. The molecule has 0 unspecified atom stereocenters. The van der Waals surface area contributed by atoms with Crippen molar-refractivity contribution in [1.29, 1.82) is 0 Å². The predicted octanol–water partition coefficient (Wildman–Crippen LogP) is 4.26. The molecule has 0 spiro atoms. The zero-order chi connectivity index (χ0) is 14.7. The summed E-state index contributed by atoms with van der Waals surface area (Å²) in [5, 5.41) is 3.39. The average molecular weight is 275 g/mol. The first-order chi connectivity index (χ1) is 10.2. The van der Waals surface area contributed by atoms with Gasteiger partial charge in [0.15, 0.2) is 0 Å². The highest BCUT2D eigenvalue weighted by atomic mass is 14.9. The molecule has 3 aromatic rings. The maximum atomic E-state index is 6.16. The van der Waals surface area contributed by atoms with Crippen LogP contribution in [0.4, 0.5) is 22.7 Å². The summed E-state index contributed by atoms with van der Waals surface area (Å²) in [4.78, 5) is 0. The van der Waals surface area contributed by atoms with E-state index >= 15 is 0 Å². The molecular formula is C18H17N3. The van der Waals surface area contributed by atoms with E-state index in [1.54, 1.807) is 6.07 Å². The zero-order valence-corrected chi connectivity index (χ0v) is 11.6. The summed E-state index contributed by atoms with van der Waals surface area (Å²) in [5.74, 6) is 0. The van der Waals surface area contributed by atoms with Gasteiger partial charge in [-0.05, 0) is 29.8 Å². The van der Waals surface area contributed by atoms with Gasteiger partial charge in [0.25, 0.3) is 0 Å². The normalized spacial score (nSPS) is 10.3. The molecule has 0 aliphatic carbocycles. The summed E-state index contributed by atoms with van der Waals surface area (Å²) >= 11 is 0. The monoisotopic (exact) mass is 275 g/mol. The van der Waals surface area contributed by atoms with Crippen LogP contribution in [0.3, 0.4) is 0 Å². The Bertz CT molecular complexity index is 737. The molecule has 0 aliphatic rings. The fraction of sp³-hybridized carbons (Fsp3) is 0. The van der Waals surface area contributed by atoms with E-state index in [-0.39, 0.29) is 0 Å². The summed E-state index contributed by atoms with van der Waals surface area (Å²) in [6.45, 7) is 0. The molecule has 5 N–H and O–H groups in total. The number of anilines is 4. The van der Waals surface area contributed by atoms with Gasteiger partial charge in [0.1, 0.15) is 0 Å². The number of nitrogen functional groups attached to an aromatic ring is 2. The Hall–Kier alpha value is -2.94. The molecule has 0 aromatic heterocycles. The van der Waals surface area contributed by atoms with Gasteiger partial charge in [0.05, 0.1) is 11.4 Å². The highest BCUT2D eigenvalue weighted by Gasteiger charge is 2.10. The molecule has 0 radical (unpaired) electrons. The molecule has 0 saturated heterocycles. The van der Waals surface area contributed by atoms with E-state index < -0.39 is 0 Å². The number of nitrogens with two attached hydrogens (primary N) is 2. The molecule has 0 heterocycles. The lowest BCUT2D eigenvalue weighted by atomic mass is 10.0. The van der Waals surface area contributed by atoms with Crippen molar-refractivity contribution in [1.82, 2.24) is 0 Å². The van der Waals surface area contributed by atoms with Crippen LogP contribution in [0, 0.1) is 0 Å². The van der Waals surface area contributed by atoms with E-state index in [1.807, 2.05) is 66.7 Å². The molecule has 0 fully saturated rings. The fourth-order valence-corrected chi connectivity index (χ4v) is 2.34. The highest BCUT2D eigenvalue weighted by molar-refractivity contribution is 5.91. The van der Waals surface area contributed by atoms with Crippen molar-refractivity contribution in [2.75, 3.05) is 16.8 Å². The second-order valence-electron chi connectivity index (χ2n) is 4.89. The molecule has 104 valence electrons. The molecule has 0 amide bonds. The quantitative estimate of drug-likeness (QED) is 0.626. The summed E-state index contributed by atoms with van der Waals surface area (Å²) in [7, 11) is 0. The van der Waals surface area contributed by atoms with Crippen molar-refractivity contribution in [3.63, 3.8) is 0 Å². The minimum atomic E-state index is 0.637. The maximum absolute atomic E-state index is 6.16. The molecule has 0 atom stereocenters. The number of nitrogens with one attached hydrogen (secondary N) is 1. The lowest BCUT2D eigenvalue weighted by Crippen LogP contribution is -2.00. The Morgan fingerprint density at radius 2 is 1.33 bits per heavy atom. The molecule has 21 heavy (non-hydrogen) atoms. The molecule has 3 heteroatoms. The third-order valence-corrected chi connectivity index (χ3v) is 3.32. The Kier molecular flexibility index (Phi) is 3.48. The van der Waals surface area contributed by atoms with E-state index in [1.165, 1.54) is 0 Å². The Morgan fingerprint density at radius 3 is 2.00 bits per heavy atom. The summed E-state index contributed by atoms with van der Waals surface area (Å²) in [6.07, 6.45) is 0. The number of rotatable bonds is 3. The van der Waals surface area contributed by atoms with Gasteiger partial charge in [-0.2, -0.15) is 0 Å². The second-order valence-corrected chi connectivity index (χ2v) is 4.89.